The van der Waals surface area contributed by atoms with Crippen molar-refractivity contribution >= 4 is 17.3 Å². The average Bonchev–Trinajstić information content (AvgIpc) is 2.36. The van der Waals surface area contributed by atoms with Gasteiger partial charge in [0, 0.05) is 6.07 Å². The van der Waals surface area contributed by atoms with E-state index in [0.717, 1.165) is 18.2 Å². The quantitative estimate of drug-likeness (QED) is 0.655. The number of alkyl halides is 3. The van der Waals surface area contributed by atoms with E-state index in [1.807, 2.05) is 0 Å². The Hall–Kier alpha value is -2.15. The van der Waals surface area contributed by atoms with Gasteiger partial charge in [-0.05, 0) is 30.3 Å². The van der Waals surface area contributed by atoms with Gasteiger partial charge < -0.3 is 15.2 Å². The van der Waals surface area contributed by atoms with Crippen LogP contribution in [-0.4, -0.2) is 6.36 Å². The molecule has 0 radical (unpaired) electrons. The van der Waals surface area contributed by atoms with Crippen molar-refractivity contribution in [2.75, 3.05) is 5.73 Å². The van der Waals surface area contributed by atoms with Crippen LogP contribution in [0.2, 0.25) is 5.02 Å². The maximum atomic E-state index is 13.3. The fourth-order valence-corrected chi connectivity index (χ4v) is 1.64. The lowest BCUT2D eigenvalue weighted by Gasteiger charge is -2.11. The lowest BCUT2D eigenvalue weighted by Crippen LogP contribution is -2.16. The van der Waals surface area contributed by atoms with Crippen molar-refractivity contribution in [3.63, 3.8) is 0 Å². The van der Waals surface area contributed by atoms with Crippen LogP contribution in [0.25, 0.3) is 0 Å². The van der Waals surface area contributed by atoms with Crippen LogP contribution in [0.1, 0.15) is 0 Å². The first-order valence-corrected chi connectivity index (χ1v) is 5.90. The zero-order valence-corrected chi connectivity index (χ0v) is 11.0. The molecule has 2 rings (SSSR count). The smallest absolute Gasteiger partial charge is 0.455 e. The minimum absolute atomic E-state index is 0.00129. The molecule has 0 saturated carbocycles. The summed E-state index contributed by atoms with van der Waals surface area (Å²) in [4.78, 5) is 0. The highest BCUT2D eigenvalue weighted by Gasteiger charge is 2.30. The molecule has 0 spiro atoms. The summed E-state index contributed by atoms with van der Waals surface area (Å²) >= 11 is 5.54. The maximum absolute atomic E-state index is 13.3. The second kappa shape index (κ2) is 5.69. The Kier molecular flexibility index (Phi) is 4.13. The van der Waals surface area contributed by atoms with Crippen molar-refractivity contribution in [3.05, 3.63) is 47.2 Å². The van der Waals surface area contributed by atoms with E-state index in [-0.39, 0.29) is 22.2 Å². The molecule has 3 nitrogen and oxygen atoms in total. The summed E-state index contributed by atoms with van der Waals surface area (Å²) in [5.74, 6) is -0.956. The standard InChI is InChI=1S/C13H8ClF4NO2/c14-9-5-11(19)12(6-10(9)15)20-7-1-3-8(4-2-7)21-13(16,17)18/h1-6H,19H2. The lowest BCUT2D eigenvalue weighted by atomic mass is 10.3. The Morgan fingerprint density at radius 3 is 2.14 bits per heavy atom. The number of ether oxygens (including phenoxy) is 2. The molecule has 0 amide bonds. The Balaban J connectivity index is 2.16. The highest BCUT2D eigenvalue weighted by atomic mass is 35.5. The molecule has 0 aliphatic rings. The van der Waals surface area contributed by atoms with Crippen molar-refractivity contribution in [2.45, 2.75) is 6.36 Å². The second-order valence-electron chi connectivity index (χ2n) is 3.93. The summed E-state index contributed by atoms with van der Waals surface area (Å²) in [6.45, 7) is 0. The van der Waals surface area contributed by atoms with Crippen LogP contribution < -0.4 is 15.2 Å². The third kappa shape index (κ3) is 4.16. The molecule has 0 bridgehead atoms. The van der Waals surface area contributed by atoms with Crippen molar-refractivity contribution in [3.8, 4) is 17.2 Å². The number of nitrogens with two attached hydrogens (primary N) is 1. The van der Waals surface area contributed by atoms with E-state index in [1.54, 1.807) is 0 Å². The number of anilines is 1. The highest BCUT2D eigenvalue weighted by Crippen LogP contribution is 2.33. The first kappa shape index (κ1) is 15.2. The summed E-state index contributed by atoms with van der Waals surface area (Å²) in [6, 6.07) is 6.74. The van der Waals surface area contributed by atoms with Gasteiger partial charge in [0.1, 0.15) is 17.3 Å². The zero-order chi connectivity index (χ0) is 15.6. The third-order valence-corrected chi connectivity index (χ3v) is 2.63. The molecule has 2 aromatic carbocycles. The summed E-state index contributed by atoms with van der Waals surface area (Å²) < 4.78 is 58.3. The van der Waals surface area contributed by atoms with Crippen LogP contribution in [0.15, 0.2) is 36.4 Å². The van der Waals surface area contributed by atoms with Crippen LogP contribution in [0.5, 0.6) is 17.2 Å². The number of halogens is 5. The first-order valence-electron chi connectivity index (χ1n) is 5.53. The van der Waals surface area contributed by atoms with Crippen molar-refractivity contribution in [2.24, 2.45) is 0 Å². The summed E-state index contributed by atoms with van der Waals surface area (Å²) in [5.41, 5.74) is 5.70. The minimum atomic E-state index is -4.77. The van der Waals surface area contributed by atoms with E-state index in [2.05, 4.69) is 4.74 Å². The third-order valence-electron chi connectivity index (χ3n) is 2.34. The number of rotatable bonds is 3. The van der Waals surface area contributed by atoms with E-state index < -0.39 is 17.9 Å². The van der Waals surface area contributed by atoms with Crippen molar-refractivity contribution in [1.29, 1.82) is 0 Å². The van der Waals surface area contributed by atoms with E-state index in [4.69, 9.17) is 22.1 Å². The largest absolute Gasteiger partial charge is 0.573 e. The molecule has 8 heteroatoms. The van der Waals surface area contributed by atoms with E-state index in [9.17, 15) is 17.6 Å². The van der Waals surface area contributed by atoms with Gasteiger partial charge in [0.2, 0.25) is 0 Å². The molecule has 2 aromatic rings. The van der Waals surface area contributed by atoms with Gasteiger partial charge in [-0.3, -0.25) is 0 Å². The molecule has 21 heavy (non-hydrogen) atoms. The molecule has 0 aliphatic heterocycles. The number of hydrogen-bond donors (Lipinski definition) is 1. The van der Waals surface area contributed by atoms with E-state index >= 15 is 0 Å². The molecule has 0 aliphatic carbocycles. The normalized spacial score (nSPS) is 11.3. The molecule has 0 saturated heterocycles. The molecule has 2 N–H and O–H groups in total. The Morgan fingerprint density at radius 1 is 1.00 bits per heavy atom. The summed E-state index contributed by atoms with van der Waals surface area (Å²) in [7, 11) is 0. The predicted molar refractivity (Wildman–Crippen MR) is 69.0 cm³/mol. The minimum Gasteiger partial charge on any atom is -0.455 e. The van der Waals surface area contributed by atoms with Crippen LogP contribution in [0.4, 0.5) is 23.2 Å². The zero-order valence-electron chi connectivity index (χ0n) is 10.2. The maximum Gasteiger partial charge on any atom is 0.573 e. The van der Waals surface area contributed by atoms with Gasteiger partial charge in [0.25, 0.3) is 0 Å². The highest BCUT2D eigenvalue weighted by molar-refractivity contribution is 6.31. The Bertz CT molecular complexity index is 644. The van der Waals surface area contributed by atoms with Crippen LogP contribution >= 0.6 is 11.6 Å². The molecule has 0 atom stereocenters. The topological polar surface area (TPSA) is 44.5 Å². The Labute approximate surface area is 121 Å². The molecule has 0 heterocycles. The van der Waals surface area contributed by atoms with Crippen LogP contribution in [0, 0.1) is 5.82 Å². The number of hydrogen-bond acceptors (Lipinski definition) is 3. The molecular formula is C13H8ClF4NO2. The second-order valence-corrected chi connectivity index (χ2v) is 4.33. The van der Waals surface area contributed by atoms with Crippen LogP contribution in [-0.2, 0) is 0 Å². The molecule has 112 valence electrons. The van der Waals surface area contributed by atoms with Crippen molar-refractivity contribution < 1.29 is 27.0 Å². The number of nitrogen functional groups attached to an aromatic ring is 1. The SMILES string of the molecule is Nc1cc(Cl)c(F)cc1Oc1ccc(OC(F)(F)F)cc1. The fraction of sp³-hybridized carbons (Fsp3) is 0.0769. The summed E-state index contributed by atoms with van der Waals surface area (Å²) in [5, 5.41) is -0.159. The van der Waals surface area contributed by atoms with E-state index in [0.29, 0.717) is 0 Å². The summed E-state index contributed by atoms with van der Waals surface area (Å²) in [6.07, 6.45) is -4.77. The van der Waals surface area contributed by atoms with Gasteiger partial charge in [0.05, 0.1) is 10.7 Å². The molecular weight excluding hydrogens is 314 g/mol. The lowest BCUT2D eigenvalue weighted by molar-refractivity contribution is -0.274. The van der Waals surface area contributed by atoms with Gasteiger partial charge in [-0.2, -0.15) is 0 Å². The Morgan fingerprint density at radius 2 is 1.57 bits per heavy atom. The van der Waals surface area contributed by atoms with Gasteiger partial charge in [0.15, 0.2) is 5.75 Å². The molecule has 0 aromatic heterocycles. The first-order chi connectivity index (χ1) is 9.74. The van der Waals surface area contributed by atoms with Gasteiger partial charge in [-0.1, -0.05) is 11.6 Å². The van der Waals surface area contributed by atoms with Gasteiger partial charge in [-0.25, -0.2) is 4.39 Å². The van der Waals surface area contributed by atoms with Crippen LogP contribution in [0.3, 0.4) is 0 Å². The monoisotopic (exact) mass is 321 g/mol. The van der Waals surface area contributed by atoms with E-state index in [1.165, 1.54) is 18.2 Å². The average molecular weight is 322 g/mol. The molecule has 0 fully saturated rings. The fourth-order valence-electron chi connectivity index (χ4n) is 1.47. The van der Waals surface area contributed by atoms with Gasteiger partial charge >= 0.3 is 6.36 Å². The predicted octanol–water partition coefficient (Wildman–Crippen LogP) is 4.75. The van der Waals surface area contributed by atoms with Gasteiger partial charge in [-0.15, -0.1) is 13.2 Å². The number of benzene rings is 2. The molecule has 0 unspecified atom stereocenters. The van der Waals surface area contributed by atoms with Crippen molar-refractivity contribution in [1.82, 2.24) is 0 Å².